The Morgan fingerprint density at radius 1 is 1.35 bits per heavy atom. The predicted molar refractivity (Wildman–Crippen MR) is 60.3 cm³/mol. The van der Waals surface area contributed by atoms with Crippen LogP contribution in [0.25, 0.3) is 0 Å². The van der Waals surface area contributed by atoms with Crippen molar-refractivity contribution in [3.05, 3.63) is 58.2 Å². The number of aliphatic hydroxyl groups excluding tert-OH is 1. The first kappa shape index (κ1) is 11.3. The van der Waals surface area contributed by atoms with E-state index in [0.29, 0.717) is 12.2 Å². The van der Waals surface area contributed by atoms with E-state index < -0.39 is 4.92 Å². The zero-order chi connectivity index (χ0) is 12.3. The van der Waals surface area contributed by atoms with Gasteiger partial charge in [0.05, 0.1) is 23.6 Å². The first-order chi connectivity index (χ1) is 8.19. The SMILES string of the molecule is O=[N+]([O-])c1ccc(Cn2cnc(CO)c2)cc1. The zero-order valence-corrected chi connectivity index (χ0v) is 8.98. The van der Waals surface area contributed by atoms with Crippen LogP contribution in [0.2, 0.25) is 0 Å². The molecule has 0 atom stereocenters. The molecule has 0 amide bonds. The molecule has 6 nitrogen and oxygen atoms in total. The fourth-order valence-electron chi connectivity index (χ4n) is 1.51. The van der Waals surface area contributed by atoms with E-state index in [2.05, 4.69) is 4.98 Å². The summed E-state index contributed by atoms with van der Waals surface area (Å²) in [5.74, 6) is 0. The molecule has 1 heterocycles. The van der Waals surface area contributed by atoms with E-state index in [1.165, 1.54) is 12.1 Å². The van der Waals surface area contributed by atoms with Crippen molar-refractivity contribution < 1.29 is 10.0 Å². The number of imidazole rings is 1. The highest BCUT2D eigenvalue weighted by atomic mass is 16.6. The molecule has 0 spiro atoms. The summed E-state index contributed by atoms with van der Waals surface area (Å²) in [6.07, 6.45) is 3.36. The van der Waals surface area contributed by atoms with Crippen LogP contribution < -0.4 is 0 Å². The summed E-state index contributed by atoms with van der Waals surface area (Å²) < 4.78 is 1.81. The van der Waals surface area contributed by atoms with E-state index in [4.69, 9.17) is 5.11 Å². The van der Waals surface area contributed by atoms with Gasteiger partial charge in [0.25, 0.3) is 5.69 Å². The molecule has 2 aromatic rings. The second-order valence-electron chi connectivity index (χ2n) is 3.62. The minimum absolute atomic E-state index is 0.0791. The molecule has 88 valence electrons. The Bertz CT molecular complexity index is 519. The first-order valence-electron chi connectivity index (χ1n) is 5.04. The van der Waals surface area contributed by atoms with Gasteiger partial charge in [-0.1, -0.05) is 12.1 Å². The molecule has 0 saturated carbocycles. The summed E-state index contributed by atoms with van der Waals surface area (Å²) in [4.78, 5) is 14.0. The number of rotatable bonds is 4. The summed E-state index contributed by atoms with van der Waals surface area (Å²) in [7, 11) is 0. The molecule has 6 heteroatoms. The molecule has 0 aliphatic heterocycles. The Morgan fingerprint density at radius 3 is 2.59 bits per heavy atom. The Labute approximate surface area is 97.3 Å². The van der Waals surface area contributed by atoms with Gasteiger partial charge in [-0.15, -0.1) is 0 Å². The molecular weight excluding hydrogens is 222 g/mol. The largest absolute Gasteiger partial charge is 0.390 e. The van der Waals surface area contributed by atoms with Crippen LogP contribution in [-0.4, -0.2) is 19.6 Å². The Balaban J connectivity index is 2.10. The number of non-ortho nitro benzene ring substituents is 1. The van der Waals surface area contributed by atoms with Crippen molar-refractivity contribution in [2.24, 2.45) is 0 Å². The molecule has 0 saturated heterocycles. The maximum atomic E-state index is 10.5. The number of benzene rings is 1. The molecular formula is C11H11N3O3. The van der Waals surface area contributed by atoms with Crippen LogP contribution in [0.1, 0.15) is 11.3 Å². The van der Waals surface area contributed by atoms with Gasteiger partial charge in [-0.2, -0.15) is 0 Å². The molecule has 1 aromatic carbocycles. The quantitative estimate of drug-likeness (QED) is 0.638. The van der Waals surface area contributed by atoms with Crippen LogP contribution in [0.4, 0.5) is 5.69 Å². The lowest BCUT2D eigenvalue weighted by Gasteiger charge is -2.01. The van der Waals surface area contributed by atoms with Crippen LogP contribution in [0.15, 0.2) is 36.8 Å². The number of nitro groups is 1. The molecule has 1 aromatic heterocycles. The molecule has 0 radical (unpaired) electrons. The monoisotopic (exact) mass is 233 g/mol. The van der Waals surface area contributed by atoms with Crippen LogP contribution in [0.3, 0.4) is 0 Å². The molecule has 0 fully saturated rings. The Kier molecular flexibility index (Phi) is 3.15. The number of aliphatic hydroxyl groups is 1. The van der Waals surface area contributed by atoms with E-state index in [0.717, 1.165) is 5.56 Å². The summed E-state index contributed by atoms with van der Waals surface area (Å²) in [5, 5.41) is 19.3. The summed E-state index contributed by atoms with van der Waals surface area (Å²) >= 11 is 0. The number of hydrogen-bond acceptors (Lipinski definition) is 4. The van der Waals surface area contributed by atoms with Gasteiger partial charge in [0.15, 0.2) is 0 Å². The van der Waals surface area contributed by atoms with Crippen molar-refractivity contribution in [1.29, 1.82) is 0 Å². The van der Waals surface area contributed by atoms with E-state index >= 15 is 0 Å². The Hall–Kier alpha value is -2.21. The summed E-state index contributed by atoms with van der Waals surface area (Å²) in [5.41, 5.74) is 1.62. The zero-order valence-electron chi connectivity index (χ0n) is 8.98. The van der Waals surface area contributed by atoms with Gasteiger partial charge in [0, 0.05) is 24.9 Å². The summed E-state index contributed by atoms with van der Waals surface area (Å²) in [6.45, 7) is 0.484. The third-order valence-corrected chi connectivity index (χ3v) is 2.36. The smallest absolute Gasteiger partial charge is 0.269 e. The molecule has 0 aliphatic rings. The summed E-state index contributed by atoms with van der Waals surface area (Å²) in [6, 6.07) is 6.35. The van der Waals surface area contributed by atoms with E-state index in [1.54, 1.807) is 24.7 Å². The lowest BCUT2D eigenvalue weighted by atomic mass is 10.2. The maximum Gasteiger partial charge on any atom is 0.269 e. The molecule has 1 N–H and O–H groups in total. The fourth-order valence-corrected chi connectivity index (χ4v) is 1.51. The molecule has 0 unspecified atom stereocenters. The molecule has 0 aliphatic carbocycles. The van der Waals surface area contributed by atoms with E-state index in [1.807, 2.05) is 4.57 Å². The van der Waals surface area contributed by atoms with Crippen molar-refractivity contribution in [2.45, 2.75) is 13.2 Å². The van der Waals surface area contributed by atoms with Crippen LogP contribution in [0.5, 0.6) is 0 Å². The standard InChI is InChI=1S/C11H11N3O3/c15-7-10-6-13(8-12-10)5-9-1-3-11(4-2-9)14(16)17/h1-4,6,8,15H,5,7H2. The first-order valence-corrected chi connectivity index (χ1v) is 5.04. The minimum atomic E-state index is -0.426. The van der Waals surface area contributed by atoms with E-state index in [-0.39, 0.29) is 12.3 Å². The molecule has 17 heavy (non-hydrogen) atoms. The third-order valence-electron chi connectivity index (χ3n) is 2.36. The third kappa shape index (κ3) is 2.67. The lowest BCUT2D eigenvalue weighted by Crippen LogP contribution is -1.97. The highest BCUT2D eigenvalue weighted by Gasteiger charge is 2.04. The molecule has 0 bridgehead atoms. The highest BCUT2D eigenvalue weighted by Crippen LogP contribution is 2.12. The Morgan fingerprint density at radius 2 is 2.06 bits per heavy atom. The van der Waals surface area contributed by atoms with Gasteiger partial charge in [-0.05, 0) is 5.56 Å². The van der Waals surface area contributed by atoms with Crippen LogP contribution in [-0.2, 0) is 13.2 Å². The predicted octanol–water partition coefficient (Wildman–Crippen LogP) is 1.33. The van der Waals surface area contributed by atoms with Crippen molar-refractivity contribution in [2.75, 3.05) is 0 Å². The average Bonchev–Trinajstić information content (AvgIpc) is 2.77. The average molecular weight is 233 g/mol. The minimum Gasteiger partial charge on any atom is -0.390 e. The number of aromatic nitrogens is 2. The van der Waals surface area contributed by atoms with Crippen molar-refractivity contribution >= 4 is 5.69 Å². The van der Waals surface area contributed by atoms with Crippen LogP contribution in [0, 0.1) is 10.1 Å². The highest BCUT2D eigenvalue weighted by molar-refractivity contribution is 5.32. The van der Waals surface area contributed by atoms with Gasteiger partial charge < -0.3 is 9.67 Å². The van der Waals surface area contributed by atoms with Crippen molar-refractivity contribution in [1.82, 2.24) is 9.55 Å². The lowest BCUT2D eigenvalue weighted by molar-refractivity contribution is -0.384. The second kappa shape index (κ2) is 4.75. The van der Waals surface area contributed by atoms with Crippen molar-refractivity contribution in [3.8, 4) is 0 Å². The normalized spacial score (nSPS) is 10.4. The van der Waals surface area contributed by atoms with Crippen molar-refractivity contribution in [3.63, 3.8) is 0 Å². The van der Waals surface area contributed by atoms with Crippen LogP contribution >= 0.6 is 0 Å². The number of nitrogens with zero attached hydrogens (tertiary/aromatic N) is 3. The number of hydrogen-bond donors (Lipinski definition) is 1. The maximum absolute atomic E-state index is 10.5. The van der Waals surface area contributed by atoms with Gasteiger partial charge in [-0.25, -0.2) is 4.98 Å². The van der Waals surface area contributed by atoms with Gasteiger partial charge in [-0.3, -0.25) is 10.1 Å². The molecule has 2 rings (SSSR count). The topological polar surface area (TPSA) is 81.2 Å². The second-order valence-corrected chi connectivity index (χ2v) is 3.62. The van der Waals surface area contributed by atoms with Gasteiger partial charge in [0.2, 0.25) is 0 Å². The number of nitro benzene ring substituents is 1. The van der Waals surface area contributed by atoms with Gasteiger partial charge in [0.1, 0.15) is 0 Å². The van der Waals surface area contributed by atoms with Gasteiger partial charge >= 0.3 is 0 Å². The van der Waals surface area contributed by atoms with E-state index in [9.17, 15) is 10.1 Å². The fraction of sp³-hybridized carbons (Fsp3) is 0.182.